The molecule has 1 aromatic heterocycles. The third-order valence-electron chi connectivity index (χ3n) is 11.0. The Morgan fingerprint density at radius 2 is 1.39 bits per heavy atom. The molecule has 0 radical (unpaired) electrons. The first-order chi connectivity index (χ1) is 37.7. The van der Waals surface area contributed by atoms with Gasteiger partial charge in [-0.1, -0.05) is 26.5 Å². The van der Waals surface area contributed by atoms with Gasteiger partial charge in [-0.25, -0.2) is 16.8 Å². The van der Waals surface area contributed by atoms with Gasteiger partial charge in [0.2, 0.25) is 32.9 Å². The predicted octanol–water partition coefficient (Wildman–Crippen LogP) is 9.05. The van der Waals surface area contributed by atoms with Crippen LogP contribution >= 0.6 is 23.2 Å². The van der Waals surface area contributed by atoms with Gasteiger partial charge < -0.3 is 25.7 Å². The lowest BCUT2D eigenvalue weighted by Gasteiger charge is -2.19. The van der Waals surface area contributed by atoms with Gasteiger partial charge in [-0.05, 0) is 126 Å². The van der Waals surface area contributed by atoms with E-state index in [9.17, 15) is 75.0 Å². The van der Waals surface area contributed by atoms with E-state index in [0.717, 1.165) is 54.6 Å². The summed E-state index contributed by atoms with van der Waals surface area (Å²) in [6.45, 7) is 1.42. The summed E-state index contributed by atoms with van der Waals surface area (Å²) < 4.78 is 181. The average Bonchev–Trinajstić information content (AvgIpc) is 3.50. The second-order valence-corrected chi connectivity index (χ2v) is 25.6. The van der Waals surface area contributed by atoms with Crippen molar-refractivity contribution in [1.82, 2.24) is 15.0 Å². The molecule has 0 saturated heterocycles. The number of aryl methyl sites for hydroxylation is 1. The maximum absolute atomic E-state index is 12.7. The number of amides is 1. The highest BCUT2D eigenvalue weighted by atomic mass is 35.5. The molecule has 0 spiro atoms. The number of benzene rings is 6. The minimum Gasteiger partial charge on any atom is -0.505 e. The van der Waals surface area contributed by atoms with Crippen LogP contribution in [-0.4, -0.2) is 120 Å². The zero-order valence-corrected chi connectivity index (χ0v) is 47.2. The van der Waals surface area contributed by atoms with Crippen LogP contribution in [0.25, 0.3) is 21.5 Å². The van der Waals surface area contributed by atoms with Crippen molar-refractivity contribution >= 4 is 164 Å². The van der Waals surface area contributed by atoms with E-state index in [0.29, 0.717) is 0 Å². The Labute approximate surface area is 486 Å². The molecule has 0 saturated carbocycles. The van der Waals surface area contributed by atoms with Crippen molar-refractivity contribution in [1.29, 1.82) is 0 Å². The summed E-state index contributed by atoms with van der Waals surface area (Å²) in [4.78, 5) is 23.4. The first-order valence-electron chi connectivity index (χ1n) is 22.0. The number of aromatic hydroxyl groups is 2. The summed E-state index contributed by atoms with van der Waals surface area (Å²) in [6.07, 6.45) is -0.0387. The summed E-state index contributed by atoms with van der Waals surface area (Å²) >= 11 is 9.99. The molecule has 0 aliphatic heterocycles. The van der Waals surface area contributed by atoms with E-state index in [-0.39, 0.29) is 101 Å². The van der Waals surface area contributed by atoms with Crippen LogP contribution in [0.15, 0.2) is 125 Å². The Bertz CT molecular complexity index is 4380. The second kappa shape index (κ2) is 26.3. The lowest BCUT2D eigenvalue weighted by Crippen LogP contribution is -2.15. The normalized spacial score (nSPS) is 12.8. The zero-order valence-electron chi connectivity index (χ0n) is 40.8. The van der Waals surface area contributed by atoms with E-state index in [2.05, 4.69) is 50.2 Å². The molecule has 0 fully saturated rings. The number of fused-ring (bicyclic) bond motifs is 2. The van der Waals surface area contributed by atoms with Crippen LogP contribution in [0.2, 0.25) is 5.28 Å². The smallest absolute Gasteiger partial charge is 0.398 e. The molecule has 1 unspecified atom stereocenters. The number of carbonyl (C=O) groups is 1. The molecule has 0 aliphatic carbocycles. The van der Waals surface area contributed by atoms with Crippen molar-refractivity contribution in [3.63, 3.8) is 0 Å². The van der Waals surface area contributed by atoms with Crippen molar-refractivity contribution in [3.05, 3.63) is 95.8 Å². The van der Waals surface area contributed by atoms with E-state index in [1.807, 2.05) is 0 Å². The number of phenols is 2. The molecule has 6 aromatic carbocycles. The number of halogens is 2. The van der Waals surface area contributed by atoms with Gasteiger partial charge in [-0.15, -0.1) is 15.3 Å². The van der Waals surface area contributed by atoms with Gasteiger partial charge in [0.1, 0.15) is 32.9 Å². The fourth-order valence-electron chi connectivity index (χ4n) is 7.31. The number of nitrogens with one attached hydrogen (secondary N) is 2. The van der Waals surface area contributed by atoms with Crippen LogP contribution in [0.4, 0.5) is 51.7 Å². The molecule has 8 N–H and O–H groups in total. The third-order valence-corrected chi connectivity index (χ3v) is 16.9. The van der Waals surface area contributed by atoms with Crippen LogP contribution in [0.5, 0.6) is 11.5 Å². The highest BCUT2D eigenvalue weighted by Crippen LogP contribution is 2.46. The van der Waals surface area contributed by atoms with E-state index < -0.39 is 127 Å². The number of rotatable bonds is 22. The van der Waals surface area contributed by atoms with Crippen LogP contribution in [0, 0.1) is 6.92 Å². The largest absolute Gasteiger partial charge is 0.505 e. The number of azo groups is 2. The van der Waals surface area contributed by atoms with Crippen molar-refractivity contribution in [2.45, 2.75) is 54.2 Å². The predicted molar refractivity (Wildman–Crippen MR) is 304 cm³/mol. The van der Waals surface area contributed by atoms with Gasteiger partial charge in [-0.3, -0.25) is 27.2 Å². The number of anilines is 5. The van der Waals surface area contributed by atoms with Gasteiger partial charge in [0.25, 0.3) is 30.4 Å². The van der Waals surface area contributed by atoms with Gasteiger partial charge in [-0.2, -0.15) is 53.7 Å². The van der Waals surface area contributed by atoms with Crippen molar-refractivity contribution in [2.75, 3.05) is 40.3 Å². The van der Waals surface area contributed by atoms with Gasteiger partial charge in [0.05, 0.1) is 26.9 Å². The summed E-state index contributed by atoms with van der Waals surface area (Å²) in [5, 5.41) is 43.1. The molecular weight excluding hydrogens is 1260 g/mol. The number of carbonyl (C=O) groups excluding carboxylic acids is 1. The van der Waals surface area contributed by atoms with E-state index in [4.69, 9.17) is 31.9 Å². The van der Waals surface area contributed by atoms with Crippen LogP contribution in [0.1, 0.15) is 33.3 Å². The Hall–Kier alpha value is -7.04. The first-order valence-corrected chi connectivity index (χ1v) is 31.5. The summed E-state index contributed by atoms with van der Waals surface area (Å²) in [5.74, 6) is -4.22. The third kappa shape index (κ3) is 16.6. The van der Waals surface area contributed by atoms with E-state index in [1.165, 1.54) is 49.2 Å². The number of alkyl halides is 1. The van der Waals surface area contributed by atoms with Gasteiger partial charge in [0, 0.05) is 35.6 Å². The SMILES string of the molecule is C.C.Cc1cc2cc(S(=O)(=O)O)cc(Nc3nc(Cl)nc(N(C)c4ccc5c(O)c(N=Nc6ccc(S(=O)(=O)COS(=O)(=O)O)cc6)c(S(=O)(=O)O)cc5c4)n3)c2c(O)c1N=Nc1ccc(NC(=O)CCCS(=O)OCCl)cc1S(=O)(=O)O. The highest BCUT2D eigenvalue weighted by molar-refractivity contribution is 7.92. The van der Waals surface area contributed by atoms with E-state index in [1.54, 1.807) is 0 Å². The Balaban J connectivity index is 0.00000631. The topological polar surface area (TPSA) is 460 Å². The maximum atomic E-state index is 12.7. The maximum Gasteiger partial charge on any atom is 0.398 e. The molecule has 38 heteroatoms. The quantitative estimate of drug-likeness (QED) is 0.0178. The molecule has 0 bridgehead atoms. The molecule has 30 nitrogen and oxygen atoms in total. The Morgan fingerprint density at radius 1 is 0.723 bits per heavy atom. The number of sulfone groups is 1. The molecule has 0 aliphatic rings. The monoisotopic (exact) mass is 1310 g/mol. The van der Waals surface area contributed by atoms with Gasteiger partial charge >= 0.3 is 10.4 Å². The lowest BCUT2D eigenvalue weighted by molar-refractivity contribution is -0.116. The van der Waals surface area contributed by atoms with Crippen molar-refractivity contribution in [2.24, 2.45) is 20.5 Å². The first kappa shape index (κ1) is 66.8. The number of nitrogens with zero attached hydrogens (tertiary/aromatic N) is 8. The molecular formula is C45H46Cl2N10O20S6. The van der Waals surface area contributed by atoms with Crippen LogP contribution < -0.4 is 15.5 Å². The van der Waals surface area contributed by atoms with Crippen LogP contribution in [-0.2, 0) is 74.8 Å². The molecule has 7 aromatic rings. The fraction of sp³-hybridized carbons (Fsp3) is 0.200. The fourth-order valence-corrected chi connectivity index (χ4v) is 11.9. The number of hydrogen-bond donors (Lipinski definition) is 8. The summed E-state index contributed by atoms with van der Waals surface area (Å²) in [6, 6.07) is 15.1. The van der Waals surface area contributed by atoms with Crippen molar-refractivity contribution in [3.8, 4) is 11.5 Å². The Kier molecular flexibility index (Phi) is 21.1. The lowest BCUT2D eigenvalue weighted by atomic mass is 10.0. The molecule has 1 atom stereocenters. The summed E-state index contributed by atoms with van der Waals surface area (Å²) in [7, 11) is -23.3. The number of aromatic nitrogens is 3. The molecule has 7 rings (SSSR count). The Morgan fingerprint density at radius 3 is 2.01 bits per heavy atom. The van der Waals surface area contributed by atoms with Gasteiger partial charge in [0.15, 0.2) is 28.5 Å². The number of phenolic OH excluding ortho intramolecular Hbond substituents is 2. The second-order valence-electron chi connectivity index (χ2n) is 16.5. The number of hydrogen-bond acceptors (Lipinski definition) is 25. The van der Waals surface area contributed by atoms with E-state index >= 15 is 0 Å². The summed E-state index contributed by atoms with van der Waals surface area (Å²) in [5.41, 5.74) is -1.75. The van der Waals surface area contributed by atoms with Crippen LogP contribution in [0.3, 0.4) is 0 Å². The minimum absolute atomic E-state index is 0. The molecule has 83 heavy (non-hydrogen) atoms. The molecule has 446 valence electrons. The minimum atomic E-state index is -5.18. The highest BCUT2D eigenvalue weighted by Gasteiger charge is 2.26. The molecule has 1 heterocycles. The standard InChI is InChI=1S/C43H38Cl2N10O20S6.2CH4/c1-22-14-24-16-29(78(62,63)64)19-32(36(24)40(58)37(22)53-52-31-12-7-26(18-33(31)79(65,66)67)46-35(56)4-3-13-76(59)74-20-44)47-42-48-41(45)49-43(50-42)55(2)27-8-11-30-23(15-27)17-34(80(68,69)70)38(39(30)57)54-51-25-5-9-28(10-6-25)77(60,61)21-75-81(71,72)73;;/h5-12,14-19,57-58H,3-4,13,20-21H2,1-2H3,(H,46,56)(H,62,63,64)(H,65,66,67)(H,68,69,70)(H,71,72,73)(H,47,48,49,50);2*1H4. The van der Waals surface area contributed by atoms with Crippen molar-refractivity contribution < 1.29 is 87.9 Å². The zero-order chi connectivity index (χ0) is 59.6. The molecule has 1 amide bonds. The average molecular weight is 1310 g/mol.